The summed E-state index contributed by atoms with van der Waals surface area (Å²) in [5.41, 5.74) is 5.92. The van der Waals surface area contributed by atoms with E-state index in [0.717, 1.165) is 0 Å². The summed E-state index contributed by atoms with van der Waals surface area (Å²) in [5, 5.41) is 0. The van der Waals surface area contributed by atoms with Gasteiger partial charge in [-0.3, -0.25) is 0 Å². The van der Waals surface area contributed by atoms with Crippen molar-refractivity contribution in [1.82, 2.24) is 4.72 Å². The molecule has 110 valence electrons. The monoisotopic (exact) mass is 296 g/mol. The zero-order chi connectivity index (χ0) is 14.8. The van der Waals surface area contributed by atoms with Gasteiger partial charge in [0.1, 0.15) is 0 Å². The number of rotatable bonds is 7. The van der Waals surface area contributed by atoms with Gasteiger partial charge >= 0.3 is 0 Å². The number of nitrogens with two attached hydrogens (primary N) is 1. The van der Waals surface area contributed by atoms with Gasteiger partial charge in [-0.25, -0.2) is 13.1 Å². The third-order valence-corrected chi connectivity index (χ3v) is 3.90. The molecule has 0 aliphatic rings. The maximum atomic E-state index is 12.1. The van der Waals surface area contributed by atoms with Gasteiger partial charge in [0, 0.05) is 25.3 Å². The molecule has 1 rings (SSSR count). The summed E-state index contributed by atoms with van der Waals surface area (Å²) in [6.07, 6.45) is 0.639. The fourth-order valence-corrected chi connectivity index (χ4v) is 2.62. The Bertz CT molecular complexity index is 574. The van der Waals surface area contributed by atoms with Crippen molar-refractivity contribution in [3.05, 3.63) is 29.8 Å². The van der Waals surface area contributed by atoms with E-state index in [1.54, 1.807) is 18.2 Å². The molecule has 0 heterocycles. The largest absolute Gasteiger partial charge is 0.382 e. The van der Waals surface area contributed by atoms with Crippen molar-refractivity contribution < 1.29 is 13.2 Å². The van der Waals surface area contributed by atoms with Crippen LogP contribution in [0.25, 0.3) is 0 Å². The molecule has 0 aliphatic carbocycles. The van der Waals surface area contributed by atoms with Gasteiger partial charge in [-0.1, -0.05) is 17.9 Å². The van der Waals surface area contributed by atoms with Crippen molar-refractivity contribution in [2.75, 3.05) is 26.3 Å². The van der Waals surface area contributed by atoms with E-state index >= 15 is 0 Å². The fraction of sp³-hybridized carbons (Fsp3) is 0.429. The van der Waals surface area contributed by atoms with Crippen LogP contribution in [-0.4, -0.2) is 34.7 Å². The van der Waals surface area contributed by atoms with E-state index in [0.29, 0.717) is 31.7 Å². The Morgan fingerprint density at radius 2 is 2.20 bits per heavy atom. The van der Waals surface area contributed by atoms with Gasteiger partial charge < -0.3 is 10.5 Å². The minimum atomic E-state index is -3.50. The van der Waals surface area contributed by atoms with Gasteiger partial charge in [0.05, 0.1) is 11.4 Å². The Labute approximate surface area is 120 Å². The van der Waals surface area contributed by atoms with Crippen LogP contribution in [-0.2, 0) is 14.8 Å². The number of hydrogen-bond donors (Lipinski definition) is 2. The zero-order valence-electron chi connectivity index (χ0n) is 11.6. The second-order valence-corrected chi connectivity index (χ2v) is 5.75. The average Bonchev–Trinajstić information content (AvgIpc) is 2.45. The molecule has 0 saturated heterocycles. The molecule has 0 aliphatic heterocycles. The number of hydrogen-bond acceptors (Lipinski definition) is 4. The second-order valence-electron chi connectivity index (χ2n) is 3.98. The van der Waals surface area contributed by atoms with Crippen LogP contribution >= 0.6 is 0 Å². The molecule has 20 heavy (non-hydrogen) atoms. The lowest BCUT2D eigenvalue weighted by Crippen LogP contribution is -2.25. The van der Waals surface area contributed by atoms with Gasteiger partial charge in [0.25, 0.3) is 0 Å². The molecule has 0 spiro atoms. The molecular weight excluding hydrogens is 276 g/mol. The predicted molar refractivity (Wildman–Crippen MR) is 78.7 cm³/mol. The Morgan fingerprint density at radius 3 is 2.90 bits per heavy atom. The van der Waals surface area contributed by atoms with Crippen molar-refractivity contribution in [3.63, 3.8) is 0 Å². The van der Waals surface area contributed by atoms with Crippen LogP contribution in [0.1, 0.15) is 18.9 Å². The molecule has 6 heteroatoms. The molecule has 0 radical (unpaired) electrons. The van der Waals surface area contributed by atoms with Crippen LogP contribution in [0.2, 0.25) is 0 Å². The maximum absolute atomic E-state index is 12.1. The third-order valence-electron chi connectivity index (χ3n) is 2.44. The normalized spacial score (nSPS) is 10.9. The summed E-state index contributed by atoms with van der Waals surface area (Å²) >= 11 is 0. The topological polar surface area (TPSA) is 81.4 Å². The highest BCUT2D eigenvalue weighted by Gasteiger charge is 2.13. The summed E-state index contributed by atoms with van der Waals surface area (Å²) in [5.74, 6) is 5.51. The van der Waals surface area contributed by atoms with E-state index in [1.807, 2.05) is 6.92 Å². The van der Waals surface area contributed by atoms with E-state index in [2.05, 4.69) is 16.6 Å². The Kier molecular flexibility index (Phi) is 7.26. The molecule has 1 aromatic carbocycles. The van der Waals surface area contributed by atoms with Gasteiger partial charge in [-0.15, -0.1) is 0 Å². The maximum Gasteiger partial charge on any atom is 0.240 e. The molecule has 0 aromatic heterocycles. The Morgan fingerprint density at radius 1 is 1.40 bits per heavy atom. The van der Waals surface area contributed by atoms with E-state index < -0.39 is 10.0 Å². The summed E-state index contributed by atoms with van der Waals surface area (Å²) in [4.78, 5) is 0.206. The smallest absolute Gasteiger partial charge is 0.240 e. The average molecular weight is 296 g/mol. The number of nitrogens with one attached hydrogen (secondary N) is 1. The molecule has 3 N–H and O–H groups in total. The van der Waals surface area contributed by atoms with Crippen LogP contribution < -0.4 is 10.5 Å². The first-order valence-corrected chi connectivity index (χ1v) is 7.95. The van der Waals surface area contributed by atoms with Crippen molar-refractivity contribution in [2.45, 2.75) is 18.2 Å². The first kappa shape index (κ1) is 16.7. The van der Waals surface area contributed by atoms with Gasteiger partial charge in [-0.2, -0.15) is 0 Å². The summed E-state index contributed by atoms with van der Waals surface area (Å²) in [7, 11) is -3.50. The predicted octanol–water partition coefficient (Wildman–Crippen LogP) is 0.702. The molecule has 0 atom stereocenters. The lowest BCUT2D eigenvalue weighted by molar-refractivity contribution is 0.146. The lowest BCUT2D eigenvalue weighted by atomic mass is 10.2. The highest BCUT2D eigenvalue weighted by molar-refractivity contribution is 7.89. The van der Waals surface area contributed by atoms with Gasteiger partial charge in [0.2, 0.25) is 10.0 Å². The molecule has 0 fully saturated rings. The minimum Gasteiger partial charge on any atom is -0.382 e. The molecule has 0 saturated carbocycles. The molecule has 0 unspecified atom stereocenters. The summed E-state index contributed by atoms with van der Waals surface area (Å²) in [6.45, 7) is 3.67. The van der Waals surface area contributed by atoms with Crippen LogP contribution in [0.15, 0.2) is 29.2 Å². The fourth-order valence-electron chi connectivity index (χ4n) is 1.50. The standard InChI is InChI=1S/C14H20N2O3S/c1-2-19-11-5-10-16-20(17,18)14-8-3-6-13(12-14)7-4-9-15/h3,6,8,12,16H,2,5,9-11,15H2,1H3. The third kappa shape index (κ3) is 5.72. The van der Waals surface area contributed by atoms with E-state index in [9.17, 15) is 8.42 Å². The Hall–Kier alpha value is -1.39. The number of ether oxygens (including phenoxy) is 1. The zero-order valence-corrected chi connectivity index (χ0v) is 12.4. The van der Waals surface area contributed by atoms with Crippen molar-refractivity contribution >= 4 is 10.0 Å². The van der Waals surface area contributed by atoms with Gasteiger partial charge in [0.15, 0.2) is 0 Å². The lowest BCUT2D eigenvalue weighted by Gasteiger charge is -2.07. The Balaban J connectivity index is 2.67. The van der Waals surface area contributed by atoms with Crippen molar-refractivity contribution in [2.24, 2.45) is 5.73 Å². The number of sulfonamides is 1. The SMILES string of the molecule is CCOCCCNS(=O)(=O)c1cccc(C#CCN)c1. The number of benzene rings is 1. The molecule has 0 amide bonds. The van der Waals surface area contributed by atoms with Crippen LogP contribution in [0, 0.1) is 11.8 Å². The second kappa shape index (κ2) is 8.72. The molecule has 5 nitrogen and oxygen atoms in total. The minimum absolute atomic E-state index is 0.206. The molecule has 0 bridgehead atoms. The van der Waals surface area contributed by atoms with Crippen molar-refractivity contribution in [3.8, 4) is 11.8 Å². The first-order valence-electron chi connectivity index (χ1n) is 6.46. The van der Waals surface area contributed by atoms with Gasteiger partial charge in [-0.05, 0) is 31.5 Å². The van der Waals surface area contributed by atoms with E-state index in [-0.39, 0.29) is 11.4 Å². The van der Waals surface area contributed by atoms with E-state index in [1.165, 1.54) is 6.07 Å². The van der Waals surface area contributed by atoms with Crippen LogP contribution in [0.4, 0.5) is 0 Å². The molecular formula is C14H20N2O3S. The highest BCUT2D eigenvalue weighted by Crippen LogP contribution is 2.10. The van der Waals surface area contributed by atoms with Crippen LogP contribution in [0.5, 0.6) is 0 Å². The van der Waals surface area contributed by atoms with E-state index in [4.69, 9.17) is 10.5 Å². The summed E-state index contributed by atoms with van der Waals surface area (Å²) < 4.78 is 31.8. The first-order chi connectivity index (χ1) is 9.60. The quantitative estimate of drug-likeness (QED) is 0.573. The van der Waals surface area contributed by atoms with Crippen LogP contribution in [0.3, 0.4) is 0 Å². The van der Waals surface area contributed by atoms with Crippen molar-refractivity contribution in [1.29, 1.82) is 0 Å². The highest BCUT2D eigenvalue weighted by atomic mass is 32.2. The summed E-state index contributed by atoms with van der Waals surface area (Å²) in [6, 6.07) is 6.48. The molecule has 1 aromatic rings.